The van der Waals surface area contributed by atoms with E-state index < -0.39 is 0 Å². The molecule has 0 spiro atoms. The van der Waals surface area contributed by atoms with E-state index in [0.29, 0.717) is 0 Å². The predicted octanol–water partition coefficient (Wildman–Crippen LogP) is 3.09. The number of H-pyrrole nitrogens is 1. The molecule has 0 saturated carbocycles. The summed E-state index contributed by atoms with van der Waals surface area (Å²) in [4.78, 5) is 5.76. The standard InChI is InChI=1S/C15H19ClN2O/c16-14-5-1-4-13-12(11-17-15(13)14)3-2-6-18-7-9-19-10-8-18/h1,4-5,11,17H,2-3,6-10H2. The van der Waals surface area contributed by atoms with Gasteiger partial charge in [-0.1, -0.05) is 23.7 Å². The Morgan fingerprint density at radius 2 is 2.11 bits per heavy atom. The monoisotopic (exact) mass is 278 g/mol. The molecule has 0 aliphatic carbocycles. The first kappa shape index (κ1) is 13.0. The first-order valence-corrected chi connectivity index (χ1v) is 7.27. The van der Waals surface area contributed by atoms with Gasteiger partial charge in [0.25, 0.3) is 0 Å². The topological polar surface area (TPSA) is 28.3 Å². The van der Waals surface area contributed by atoms with Gasteiger partial charge in [0.1, 0.15) is 0 Å². The van der Waals surface area contributed by atoms with Crippen molar-refractivity contribution in [2.24, 2.45) is 0 Å². The molecule has 1 aliphatic heterocycles. The molecule has 3 nitrogen and oxygen atoms in total. The number of ether oxygens (including phenoxy) is 1. The van der Waals surface area contributed by atoms with Gasteiger partial charge in [-0.05, 0) is 31.0 Å². The largest absolute Gasteiger partial charge is 0.379 e. The number of aromatic amines is 1. The number of morpholine rings is 1. The van der Waals surface area contributed by atoms with Crippen LogP contribution in [0.1, 0.15) is 12.0 Å². The number of halogens is 1. The van der Waals surface area contributed by atoms with Crippen molar-refractivity contribution < 1.29 is 4.74 Å². The maximum absolute atomic E-state index is 6.17. The van der Waals surface area contributed by atoms with E-state index in [4.69, 9.17) is 16.3 Å². The number of para-hydroxylation sites is 1. The number of fused-ring (bicyclic) bond motifs is 1. The van der Waals surface area contributed by atoms with Crippen molar-refractivity contribution in [3.63, 3.8) is 0 Å². The van der Waals surface area contributed by atoms with Crippen LogP contribution in [-0.4, -0.2) is 42.7 Å². The highest BCUT2D eigenvalue weighted by Crippen LogP contribution is 2.25. The third-order valence-electron chi connectivity index (χ3n) is 3.77. The number of rotatable bonds is 4. The lowest BCUT2D eigenvalue weighted by atomic mass is 10.1. The highest BCUT2D eigenvalue weighted by molar-refractivity contribution is 6.35. The Morgan fingerprint density at radius 1 is 1.26 bits per heavy atom. The second-order valence-corrected chi connectivity index (χ2v) is 5.44. The van der Waals surface area contributed by atoms with Crippen LogP contribution < -0.4 is 0 Å². The minimum absolute atomic E-state index is 0.803. The summed E-state index contributed by atoms with van der Waals surface area (Å²) >= 11 is 6.17. The van der Waals surface area contributed by atoms with E-state index in [1.807, 2.05) is 12.1 Å². The van der Waals surface area contributed by atoms with Gasteiger partial charge in [-0.15, -0.1) is 0 Å². The van der Waals surface area contributed by atoms with Crippen LogP contribution in [0, 0.1) is 0 Å². The van der Waals surface area contributed by atoms with Crippen molar-refractivity contribution in [1.82, 2.24) is 9.88 Å². The number of aromatic nitrogens is 1. The molecule has 3 rings (SSSR count). The summed E-state index contributed by atoms with van der Waals surface area (Å²) in [6.07, 6.45) is 4.37. The molecule has 0 atom stereocenters. The molecular formula is C15H19ClN2O. The second kappa shape index (κ2) is 5.95. The van der Waals surface area contributed by atoms with Gasteiger partial charge in [-0.25, -0.2) is 0 Å². The number of aryl methyl sites for hydroxylation is 1. The summed E-state index contributed by atoms with van der Waals surface area (Å²) in [6, 6.07) is 6.09. The van der Waals surface area contributed by atoms with E-state index >= 15 is 0 Å². The molecule has 4 heteroatoms. The van der Waals surface area contributed by atoms with Crippen molar-refractivity contribution in [2.75, 3.05) is 32.8 Å². The Hall–Kier alpha value is -1.03. The molecule has 2 aromatic rings. The average molecular weight is 279 g/mol. The molecule has 0 bridgehead atoms. The molecule has 1 saturated heterocycles. The Kier molecular flexibility index (Phi) is 4.06. The minimum atomic E-state index is 0.803. The van der Waals surface area contributed by atoms with E-state index in [0.717, 1.165) is 49.8 Å². The van der Waals surface area contributed by atoms with Crippen LogP contribution in [0.2, 0.25) is 5.02 Å². The van der Waals surface area contributed by atoms with E-state index in [1.54, 1.807) is 0 Å². The fraction of sp³-hybridized carbons (Fsp3) is 0.467. The van der Waals surface area contributed by atoms with E-state index in [-0.39, 0.29) is 0 Å². The zero-order valence-corrected chi connectivity index (χ0v) is 11.7. The molecule has 1 aliphatic rings. The van der Waals surface area contributed by atoms with Crippen LogP contribution in [-0.2, 0) is 11.2 Å². The van der Waals surface area contributed by atoms with Gasteiger partial charge in [0.2, 0.25) is 0 Å². The Morgan fingerprint density at radius 3 is 2.95 bits per heavy atom. The van der Waals surface area contributed by atoms with Crippen LogP contribution in [0.4, 0.5) is 0 Å². The van der Waals surface area contributed by atoms with Crippen molar-refractivity contribution in [3.8, 4) is 0 Å². The highest BCUT2D eigenvalue weighted by Gasteiger charge is 2.10. The highest BCUT2D eigenvalue weighted by atomic mass is 35.5. The molecule has 19 heavy (non-hydrogen) atoms. The third-order valence-corrected chi connectivity index (χ3v) is 4.09. The second-order valence-electron chi connectivity index (χ2n) is 5.03. The lowest BCUT2D eigenvalue weighted by molar-refractivity contribution is 0.0375. The number of benzene rings is 1. The molecule has 1 aromatic carbocycles. The van der Waals surface area contributed by atoms with Gasteiger partial charge in [-0.2, -0.15) is 0 Å². The van der Waals surface area contributed by atoms with Gasteiger partial charge < -0.3 is 9.72 Å². The van der Waals surface area contributed by atoms with Gasteiger partial charge in [0.15, 0.2) is 0 Å². The summed E-state index contributed by atoms with van der Waals surface area (Å²) in [5.74, 6) is 0. The summed E-state index contributed by atoms with van der Waals surface area (Å²) in [5, 5.41) is 2.06. The average Bonchev–Trinajstić information content (AvgIpc) is 2.85. The summed E-state index contributed by atoms with van der Waals surface area (Å²) in [5.41, 5.74) is 2.43. The molecule has 1 aromatic heterocycles. The molecular weight excluding hydrogens is 260 g/mol. The van der Waals surface area contributed by atoms with Crippen LogP contribution in [0.25, 0.3) is 10.9 Å². The fourth-order valence-electron chi connectivity index (χ4n) is 2.70. The van der Waals surface area contributed by atoms with Crippen molar-refractivity contribution >= 4 is 22.5 Å². The Bertz CT molecular complexity index is 546. The van der Waals surface area contributed by atoms with Crippen LogP contribution in [0.3, 0.4) is 0 Å². The molecule has 0 amide bonds. The SMILES string of the molecule is Clc1cccc2c(CCCN3CCOCC3)c[nH]c12. The molecule has 102 valence electrons. The van der Waals surface area contributed by atoms with Crippen LogP contribution in [0.15, 0.2) is 24.4 Å². The number of hydrogen-bond acceptors (Lipinski definition) is 2. The fourth-order valence-corrected chi connectivity index (χ4v) is 2.93. The summed E-state index contributed by atoms with van der Waals surface area (Å²) < 4.78 is 5.36. The molecule has 1 N–H and O–H groups in total. The maximum Gasteiger partial charge on any atom is 0.0647 e. The first-order valence-electron chi connectivity index (χ1n) is 6.89. The predicted molar refractivity (Wildman–Crippen MR) is 78.9 cm³/mol. The first-order chi connectivity index (χ1) is 9.34. The van der Waals surface area contributed by atoms with Gasteiger partial charge in [0.05, 0.1) is 23.8 Å². The van der Waals surface area contributed by atoms with Crippen molar-refractivity contribution in [1.29, 1.82) is 0 Å². The zero-order chi connectivity index (χ0) is 13.1. The van der Waals surface area contributed by atoms with Crippen molar-refractivity contribution in [2.45, 2.75) is 12.8 Å². The Labute approximate surface area is 118 Å². The maximum atomic E-state index is 6.17. The van der Waals surface area contributed by atoms with E-state index in [9.17, 15) is 0 Å². The van der Waals surface area contributed by atoms with Crippen LogP contribution in [0.5, 0.6) is 0 Å². The molecule has 0 unspecified atom stereocenters. The number of nitrogens with zero attached hydrogens (tertiary/aromatic N) is 1. The third kappa shape index (κ3) is 2.94. The zero-order valence-electron chi connectivity index (χ0n) is 11.0. The van der Waals surface area contributed by atoms with Gasteiger partial charge in [0, 0.05) is 24.7 Å². The van der Waals surface area contributed by atoms with Gasteiger partial charge >= 0.3 is 0 Å². The lowest BCUT2D eigenvalue weighted by Gasteiger charge is -2.26. The normalized spacial score (nSPS) is 17.1. The lowest BCUT2D eigenvalue weighted by Crippen LogP contribution is -2.36. The summed E-state index contributed by atoms with van der Waals surface area (Å²) in [7, 11) is 0. The van der Waals surface area contributed by atoms with Crippen LogP contribution >= 0.6 is 11.6 Å². The van der Waals surface area contributed by atoms with Gasteiger partial charge in [-0.3, -0.25) is 4.90 Å². The number of nitrogens with one attached hydrogen (secondary N) is 1. The number of hydrogen-bond donors (Lipinski definition) is 1. The molecule has 0 radical (unpaired) electrons. The van der Waals surface area contributed by atoms with E-state index in [2.05, 4.69) is 22.1 Å². The minimum Gasteiger partial charge on any atom is -0.379 e. The molecule has 2 heterocycles. The quantitative estimate of drug-likeness (QED) is 0.931. The van der Waals surface area contributed by atoms with Crippen molar-refractivity contribution in [3.05, 3.63) is 35.0 Å². The smallest absolute Gasteiger partial charge is 0.0647 e. The Balaban J connectivity index is 1.60. The summed E-state index contributed by atoms with van der Waals surface area (Å²) in [6.45, 7) is 5.04. The van der Waals surface area contributed by atoms with E-state index in [1.165, 1.54) is 17.4 Å². The molecule has 1 fully saturated rings.